The molecule has 0 saturated carbocycles. The first-order valence-corrected chi connectivity index (χ1v) is 6.90. The predicted octanol–water partition coefficient (Wildman–Crippen LogP) is 4.79. The van der Waals surface area contributed by atoms with Crippen LogP contribution in [0.2, 0.25) is 10.0 Å². The number of carbonyl (C=O) groups excluding carboxylic acids is 1. The highest BCUT2D eigenvalue weighted by Gasteiger charge is 2.24. The van der Waals surface area contributed by atoms with E-state index in [2.05, 4.69) is 5.32 Å². The van der Waals surface area contributed by atoms with Crippen LogP contribution in [0.5, 0.6) is 0 Å². The monoisotopic (exact) mass is 303 g/mol. The molecule has 0 fully saturated rings. The second-order valence-electron chi connectivity index (χ2n) is 4.70. The number of halogens is 2. The summed E-state index contributed by atoms with van der Waals surface area (Å²) in [6.07, 6.45) is 1.74. The zero-order valence-electron chi connectivity index (χ0n) is 10.7. The van der Waals surface area contributed by atoms with E-state index >= 15 is 0 Å². The molecule has 100 valence electrons. The summed E-state index contributed by atoms with van der Waals surface area (Å²) in [5.74, 6) is -0.137. The van der Waals surface area contributed by atoms with Gasteiger partial charge in [0.25, 0.3) is 5.91 Å². The van der Waals surface area contributed by atoms with Gasteiger partial charge in [0.1, 0.15) is 0 Å². The predicted molar refractivity (Wildman–Crippen MR) is 84.1 cm³/mol. The van der Waals surface area contributed by atoms with Crippen molar-refractivity contribution in [1.82, 2.24) is 0 Å². The Morgan fingerprint density at radius 2 is 1.80 bits per heavy atom. The van der Waals surface area contributed by atoms with Gasteiger partial charge in [-0.05, 0) is 37.3 Å². The fourth-order valence-electron chi connectivity index (χ4n) is 2.24. The third kappa shape index (κ3) is 2.21. The fourth-order valence-corrected chi connectivity index (χ4v) is 2.74. The summed E-state index contributed by atoms with van der Waals surface area (Å²) in [4.78, 5) is 12.1. The Bertz CT molecular complexity index is 730. The van der Waals surface area contributed by atoms with Crippen LogP contribution in [0.4, 0.5) is 5.69 Å². The molecule has 1 aliphatic heterocycles. The van der Waals surface area contributed by atoms with E-state index in [1.54, 1.807) is 24.3 Å². The van der Waals surface area contributed by atoms with Gasteiger partial charge in [-0.1, -0.05) is 40.9 Å². The molecule has 1 aliphatic rings. The molecule has 0 unspecified atom stereocenters. The maximum atomic E-state index is 12.1. The molecule has 2 aromatic carbocycles. The van der Waals surface area contributed by atoms with Crippen LogP contribution in [0, 0.1) is 6.92 Å². The fraction of sp³-hybridized carbons (Fsp3) is 0.0625. The minimum absolute atomic E-state index is 0.137. The summed E-state index contributed by atoms with van der Waals surface area (Å²) < 4.78 is 0. The smallest absolute Gasteiger partial charge is 0.256 e. The number of rotatable bonds is 1. The third-order valence-electron chi connectivity index (χ3n) is 3.25. The van der Waals surface area contributed by atoms with E-state index < -0.39 is 0 Å². The van der Waals surface area contributed by atoms with Crippen LogP contribution < -0.4 is 5.32 Å². The second kappa shape index (κ2) is 4.97. The SMILES string of the molecule is Cc1ccc2c(c1)/C(=C\c1c(Cl)cccc1Cl)C(=O)N2. The number of nitrogens with one attached hydrogen (secondary N) is 1. The molecule has 0 spiro atoms. The van der Waals surface area contributed by atoms with Crippen LogP contribution in [0.15, 0.2) is 36.4 Å². The minimum Gasteiger partial charge on any atom is -0.321 e. The van der Waals surface area contributed by atoms with Crippen LogP contribution in [0.1, 0.15) is 16.7 Å². The van der Waals surface area contributed by atoms with Crippen molar-refractivity contribution in [3.05, 3.63) is 63.1 Å². The van der Waals surface area contributed by atoms with Gasteiger partial charge in [0.2, 0.25) is 0 Å². The Morgan fingerprint density at radius 3 is 2.50 bits per heavy atom. The third-order valence-corrected chi connectivity index (χ3v) is 3.91. The number of fused-ring (bicyclic) bond motifs is 1. The van der Waals surface area contributed by atoms with Crippen molar-refractivity contribution in [3.8, 4) is 0 Å². The van der Waals surface area contributed by atoms with E-state index in [9.17, 15) is 4.79 Å². The first-order valence-electron chi connectivity index (χ1n) is 6.14. The van der Waals surface area contributed by atoms with Crippen molar-refractivity contribution in [1.29, 1.82) is 0 Å². The summed E-state index contributed by atoms with van der Waals surface area (Å²) in [7, 11) is 0. The topological polar surface area (TPSA) is 29.1 Å². The van der Waals surface area contributed by atoms with Gasteiger partial charge in [0, 0.05) is 32.4 Å². The molecule has 0 radical (unpaired) electrons. The molecule has 0 saturated heterocycles. The summed E-state index contributed by atoms with van der Waals surface area (Å²) in [5, 5.41) is 3.89. The lowest BCUT2D eigenvalue weighted by Gasteiger charge is -2.04. The number of anilines is 1. The summed E-state index contributed by atoms with van der Waals surface area (Å²) in [6, 6.07) is 11.1. The summed E-state index contributed by atoms with van der Waals surface area (Å²) in [6.45, 7) is 1.99. The van der Waals surface area contributed by atoms with E-state index in [1.807, 2.05) is 25.1 Å². The molecule has 0 aromatic heterocycles. The Morgan fingerprint density at radius 1 is 1.10 bits per heavy atom. The van der Waals surface area contributed by atoms with Gasteiger partial charge in [-0.2, -0.15) is 0 Å². The number of benzene rings is 2. The van der Waals surface area contributed by atoms with Gasteiger partial charge in [-0.25, -0.2) is 0 Å². The normalized spacial score (nSPS) is 15.3. The zero-order chi connectivity index (χ0) is 14.3. The average molecular weight is 304 g/mol. The van der Waals surface area contributed by atoms with E-state index in [0.29, 0.717) is 21.2 Å². The molecule has 2 nitrogen and oxygen atoms in total. The molecular weight excluding hydrogens is 293 g/mol. The molecule has 2 aromatic rings. The van der Waals surface area contributed by atoms with Crippen molar-refractivity contribution in [2.75, 3.05) is 5.32 Å². The number of hydrogen-bond acceptors (Lipinski definition) is 1. The van der Waals surface area contributed by atoms with Crippen molar-refractivity contribution >= 4 is 46.4 Å². The van der Waals surface area contributed by atoms with Crippen molar-refractivity contribution in [2.24, 2.45) is 0 Å². The molecule has 0 bridgehead atoms. The van der Waals surface area contributed by atoms with Crippen molar-refractivity contribution in [3.63, 3.8) is 0 Å². The Labute approximate surface area is 127 Å². The molecule has 1 N–H and O–H groups in total. The van der Waals surface area contributed by atoms with E-state index in [1.165, 1.54) is 0 Å². The van der Waals surface area contributed by atoms with Gasteiger partial charge in [0.05, 0.1) is 0 Å². The molecule has 0 aliphatic carbocycles. The van der Waals surface area contributed by atoms with Gasteiger partial charge in [0.15, 0.2) is 0 Å². The quantitative estimate of drug-likeness (QED) is 0.754. The molecular formula is C16H11Cl2NO. The average Bonchev–Trinajstić information content (AvgIpc) is 2.70. The second-order valence-corrected chi connectivity index (χ2v) is 5.51. The molecule has 1 heterocycles. The standard InChI is InChI=1S/C16H11Cl2NO/c1-9-5-6-15-10(7-9)11(16(20)19-15)8-12-13(17)3-2-4-14(12)18/h2-8H,1H3,(H,19,20)/b11-8+. The van der Waals surface area contributed by atoms with Crippen LogP contribution in [0.3, 0.4) is 0 Å². The Hall–Kier alpha value is -1.77. The molecule has 0 atom stereocenters. The highest BCUT2D eigenvalue weighted by molar-refractivity contribution is 6.40. The van der Waals surface area contributed by atoms with Gasteiger partial charge < -0.3 is 5.32 Å². The lowest BCUT2D eigenvalue weighted by molar-refractivity contribution is -0.110. The van der Waals surface area contributed by atoms with Gasteiger partial charge in [-0.3, -0.25) is 4.79 Å². The maximum absolute atomic E-state index is 12.1. The van der Waals surface area contributed by atoms with Crippen molar-refractivity contribution in [2.45, 2.75) is 6.92 Å². The van der Waals surface area contributed by atoms with Crippen LogP contribution >= 0.6 is 23.2 Å². The Balaban J connectivity index is 2.18. The lowest BCUT2D eigenvalue weighted by atomic mass is 10.0. The molecule has 4 heteroatoms. The van der Waals surface area contributed by atoms with Crippen LogP contribution in [-0.4, -0.2) is 5.91 Å². The molecule has 3 rings (SSSR count). The number of carbonyl (C=O) groups is 1. The first kappa shape index (κ1) is 13.2. The van der Waals surface area contributed by atoms with Crippen molar-refractivity contribution < 1.29 is 4.79 Å². The first-order chi connectivity index (χ1) is 9.56. The minimum atomic E-state index is -0.137. The number of hydrogen-bond donors (Lipinski definition) is 1. The van der Waals surface area contributed by atoms with Gasteiger partial charge in [-0.15, -0.1) is 0 Å². The van der Waals surface area contributed by atoms with Crippen LogP contribution in [-0.2, 0) is 4.79 Å². The Kier molecular flexibility index (Phi) is 3.28. The number of amides is 1. The molecule has 20 heavy (non-hydrogen) atoms. The summed E-state index contributed by atoms with van der Waals surface area (Å²) >= 11 is 12.3. The molecule has 1 amide bonds. The highest BCUT2D eigenvalue weighted by Crippen LogP contribution is 2.36. The zero-order valence-corrected chi connectivity index (χ0v) is 12.2. The van der Waals surface area contributed by atoms with E-state index in [-0.39, 0.29) is 5.91 Å². The van der Waals surface area contributed by atoms with Crippen LogP contribution in [0.25, 0.3) is 11.6 Å². The lowest BCUT2D eigenvalue weighted by Crippen LogP contribution is -2.03. The highest BCUT2D eigenvalue weighted by atomic mass is 35.5. The largest absolute Gasteiger partial charge is 0.321 e. The maximum Gasteiger partial charge on any atom is 0.256 e. The van der Waals surface area contributed by atoms with Gasteiger partial charge >= 0.3 is 0 Å². The number of aryl methyl sites for hydroxylation is 1. The van der Waals surface area contributed by atoms with E-state index in [0.717, 1.165) is 16.8 Å². The summed E-state index contributed by atoms with van der Waals surface area (Å²) in [5.41, 5.74) is 4.03. The van der Waals surface area contributed by atoms with E-state index in [4.69, 9.17) is 23.2 Å².